The second kappa shape index (κ2) is 40.3. The van der Waals surface area contributed by atoms with Gasteiger partial charge >= 0.3 is 17.9 Å². The van der Waals surface area contributed by atoms with Gasteiger partial charge in [-0.15, -0.1) is 0 Å². The van der Waals surface area contributed by atoms with Crippen LogP contribution in [-0.4, -0.2) is 80.6 Å². The van der Waals surface area contributed by atoms with E-state index in [4.69, 9.17) is 14.2 Å². The van der Waals surface area contributed by atoms with Crippen molar-refractivity contribution in [3.63, 3.8) is 0 Å². The first kappa shape index (κ1) is 54.5. The second-order valence-electron chi connectivity index (χ2n) is 16.0. The molecular weight excluding hydrogens is 727 g/mol. The third kappa shape index (κ3) is 38.1. The number of allylic oxidation sites excluding steroid dienone is 14. The normalized spacial score (nSPS) is 13.7. The Bertz CT molecular complexity index is 1220. The Kier molecular flexibility index (Phi) is 37.9. The highest BCUT2D eigenvalue weighted by Crippen LogP contribution is 2.14. The van der Waals surface area contributed by atoms with Crippen molar-refractivity contribution in [2.75, 3.05) is 41.0 Å². The van der Waals surface area contributed by atoms with Gasteiger partial charge in [0.05, 0.1) is 34.4 Å². The highest BCUT2D eigenvalue weighted by atomic mass is 16.6. The fraction of sp³-hybridized carbons (Fsp3) is 0.660. The second-order valence-corrected chi connectivity index (χ2v) is 16.0. The molecule has 0 saturated carbocycles. The number of quaternary nitrogens is 1. The van der Waals surface area contributed by atoms with E-state index in [9.17, 15) is 19.5 Å². The number of hydrogen-bond acceptors (Lipinski definition) is 6. The fourth-order valence-corrected chi connectivity index (χ4v) is 6.17. The Morgan fingerprint density at radius 3 is 1.57 bits per heavy atom. The van der Waals surface area contributed by atoms with Crippen molar-refractivity contribution >= 4 is 17.9 Å². The van der Waals surface area contributed by atoms with Crippen molar-refractivity contribution < 1.29 is 38.2 Å². The number of nitrogens with zero attached hydrogens (tertiary/aromatic N) is 1. The summed E-state index contributed by atoms with van der Waals surface area (Å²) in [6, 6.07) is -0.626. The lowest BCUT2D eigenvalue weighted by Crippen LogP contribution is -2.50. The molecule has 0 aromatic heterocycles. The standard InChI is InChI=1S/C50H83NO7/c1-6-8-10-12-14-16-18-20-21-22-23-24-25-26-27-29-30-32-34-36-38-40-48(52)57-45-46(44-56-43-42-47(50(54)55)51(3,4)5)58-49(53)41-39-37-35-33-31-28-19-17-15-13-11-9-7-2/h8-11,13-17,19-21,28,31,46-47H,6-7,12,18,22-27,29-30,32-45H2,1-5H3/p+1/b10-8+,11-9+,15-13+,16-14+,19-17+,21-20+,31-28+. The molecule has 0 amide bonds. The molecule has 0 aromatic rings. The van der Waals surface area contributed by atoms with Crippen molar-refractivity contribution in [3.05, 3.63) is 85.1 Å². The molecule has 2 atom stereocenters. The summed E-state index contributed by atoms with van der Waals surface area (Å²) in [5.74, 6) is -1.53. The molecule has 58 heavy (non-hydrogen) atoms. The van der Waals surface area contributed by atoms with Crippen LogP contribution >= 0.6 is 0 Å². The average Bonchev–Trinajstić information content (AvgIpc) is 3.18. The number of aliphatic carboxylic acids is 1. The highest BCUT2D eigenvalue weighted by Gasteiger charge is 2.31. The van der Waals surface area contributed by atoms with Crippen LogP contribution in [0.3, 0.4) is 0 Å². The van der Waals surface area contributed by atoms with Gasteiger partial charge in [-0.05, 0) is 64.2 Å². The van der Waals surface area contributed by atoms with Gasteiger partial charge in [0.2, 0.25) is 0 Å². The summed E-state index contributed by atoms with van der Waals surface area (Å²) < 4.78 is 17.2. The molecule has 0 radical (unpaired) electrons. The highest BCUT2D eigenvalue weighted by molar-refractivity contribution is 5.72. The molecule has 0 aliphatic carbocycles. The lowest BCUT2D eigenvalue weighted by atomic mass is 10.0. The van der Waals surface area contributed by atoms with Crippen LogP contribution in [0.1, 0.15) is 162 Å². The Morgan fingerprint density at radius 2 is 1.00 bits per heavy atom. The predicted molar refractivity (Wildman–Crippen MR) is 243 cm³/mol. The van der Waals surface area contributed by atoms with Crippen molar-refractivity contribution in [1.29, 1.82) is 0 Å². The van der Waals surface area contributed by atoms with Crippen LogP contribution in [-0.2, 0) is 28.6 Å². The molecule has 2 unspecified atom stereocenters. The Balaban J connectivity index is 4.32. The van der Waals surface area contributed by atoms with E-state index in [1.165, 1.54) is 57.8 Å². The van der Waals surface area contributed by atoms with Crippen LogP contribution in [0.5, 0.6) is 0 Å². The van der Waals surface area contributed by atoms with Crippen LogP contribution in [0.2, 0.25) is 0 Å². The number of likely N-dealkylation sites (N-methyl/N-ethyl adjacent to an activating group) is 1. The van der Waals surface area contributed by atoms with Crippen LogP contribution < -0.4 is 0 Å². The number of hydrogen-bond donors (Lipinski definition) is 1. The van der Waals surface area contributed by atoms with E-state index in [0.717, 1.165) is 64.2 Å². The van der Waals surface area contributed by atoms with Crippen molar-refractivity contribution in [2.24, 2.45) is 0 Å². The van der Waals surface area contributed by atoms with E-state index >= 15 is 0 Å². The molecule has 330 valence electrons. The monoisotopic (exact) mass is 811 g/mol. The minimum Gasteiger partial charge on any atom is -0.477 e. The quantitative estimate of drug-likeness (QED) is 0.0217. The Hall–Kier alpha value is -3.49. The lowest BCUT2D eigenvalue weighted by Gasteiger charge is -2.31. The number of ether oxygens (including phenoxy) is 3. The largest absolute Gasteiger partial charge is 0.477 e. The van der Waals surface area contributed by atoms with Gasteiger partial charge in [-0.2, -0.15) is 0 Å². The topological polar surface area (TPSA) is 99.1 Å². The van der Waals surface area contributed by atoms with Crippen LogP contribution in [0.15, 0.2) is 85.1 Å². The first-order valence-electron chi connectivity index (χ1n) is 22.7. The molecule has 0 aliphatic rings. The van der Waals surface area contributed by atoms with Crippen LogP contribution in [0.25, 0.3) is 0 Å². The molecule has 0 heterocycles. The molecule has 0 saturated heterocycles. The Morgan fingerprint density at radius 1 is 0.534 bits per heavy atom. The number of carbonyl (C=O) groups excluding carboxylic acids is 2. The van der Waals surface area contributed by atoms with Gasteiger partial charge in [-0.3, -0.25) is 9.59 Å². The van der Waals surface area contributed by atoms with Crippen molar-refractivity contribution in [2.45, 2.75) is 174 Å². The summed E-state index contributed by atoms with van der Waals surface area (Å²) in [7, 11) is 5.50. The zero-order valence-electron chi connectivity index (χ0n) is 37.5. The number of unbranched alkanes of at least 4 members (excludes halogenated alkanes) is 14. The number of carboxylic acid groups (broad SMARTS) is 1. The fourth-order valence-electron chi connectivity index (χ4n) is 6.17. The van der Waals surface area contributed by atoms with E-state index in [0.29, 0.717) is 19.3 Å². The summed E-state index contributed by atoms with van der Waals surface area (Å²) in [6.45, 7) is 4.43. The SMILES string of the molecule is CC/C=C/C=C/C=C/C=C/CCCCCC(=O)OC(COCCC(C(=O)O)[N+](C)(C)C)COC(=O)CCCCCCCCCCCCC/C=C/C/C=C/C/C=C/CC. The maximum Gasteiger partial charge on any atom is 0.362 e. The molecule has 0 rings (SSSR count). The van der Waals surface area contributed by atoms with Crippen LogP contribution in [0, 0.1) is 0 Å². The minimum atomic E-state index is -0.886. The van der Waals surface area contributed by atoms with Crippen molar-refractivity contribution in [3.8, 4) is 0 Å². The zero-order valence-corrected chi connectivity index (χ0v) is 37.5. The molecule has 8 nitrogen and oxygen atoms in total. The van der Waals surface area contributed by atoms with Crippen LogP contribution in [0.4, 0.5) is 0 Å². The predicted octanol–water partition coefficient (Wildman–Crippen LogP) is 12.5. The molecule has 0 spiro atoms. The molecule has 1 N–H and O–H groups in total. The summed E-state index contributed by atoms with van der Waals surface area (Å²) in [5.41, 5.74) is 0. The smallest absolute Gasteiger partial charge is 0.362 e. The van der Waals surface area contributed by atoms with E-state index in [2.05, 4.69) is 62.5 Å². The van der Waals surface area contributed by atoms with E-state index in [1.807, 2.05) is 57.6 Å². The minimum absolute atomic E-state index is 0.0397. The molecule has 0 aromatic carbocycles. The first-order chi connectivity index (χ1) is 28.1. The van der Waals surface area contributed by atoms with Gasteiger partial charge in [0.1, 0.15) is 6.61 Å². The maximum atomic E-state index is 12.7. The number of esters is 2. The molecular formula is C50H84NO7+. The maximum absolute atomic E-state index is 12.7. The van der Waals surface area contributed by atoms with Crippen molar-refractivity contribution in [1.82, 2.24) is 0 Å². The number of carbonyl (C=O) groups is 3. The number of carboxylic acids is 1. The summed E-state index contributed by atoms with van der Waals surface area (Å²) in [5, 5.41) is 9.62. The average molecular weight is 811 g/mol. The summed E-state index contributed by atoms with van der Waals surface area (Å²) in [4.78, 5) is 37.0. The molecule has 0 fully saturated rings. The molecule has 8 heteroatoms. The molecule has 0 aliphatic heterocycles. The third-order valence-electron chi connectivity index (χ3n) is 9.63. The Labute approximate surface area is 354 Å². The van der Waals surface area contributed by atoms with E-state index in [-0.39, 0.29) is 42.7 Å². The van der Waals surface area contributed by atoms with Gasteiger partial charge in [-0.25, -0.2) is 4.79 Å². The van der Waals surface area contributed by atoms with E-state index in [1.54, 1.807) is 0 Å². The summed E-state index contributed by atoms with van der Waals surface area (Å²) >= 11 is 0. The van der Waals surface area contributed by atoms with Gasteiger partial charge in [0, 0.05) is 19.3 Å². The van der Waals surface area contributed by atoms with E-state index < -0.39 is 18.1 Å². The zero-order chi connectivity index (χ0) is 42.8. The van der Waals surface area contributed by atoms with Gasteiger partial charge in [0.25, 0.3) is 0 Å². The first-order valence-corrected chi connectivity index (χ1v) is 22.7. The van der Waals surface area contributed by atoms with Gasteiger partial charge in [0.15, 0.2) is 12.1 Å². The third-order valence-corrected chi connectivity index (χ3v) is 9.63. The molecule has 0 bridgehead atoms. The number of rotatable bonds is 39. The van der Waals surface area contributed by atoms with Gasteiger partial charge in [-0.1, -0.05) is 163 Å². The lowest BCUT2D eigenvalue weighted by molar-refractivity contribution is -0.887. The summed E-state index contributed by atoms with van der Waals surface area (Å²) in [6.07, 6.45) is 52.1. The van der Waals surface area contributed by atoms with Gasteiger partial charge < -0.3 is 23.8 Å².